The molecule has 5 rings (SSSR count). The van der Waals surface area contributed by atoms with Crippen molar-refractivity contribution in [3.05, 3.63) is 77.3 Å². The fourth-order valence-electron chi connectivity index (χ4n) is 4.17. The van der Waals surface area contributed by atoms with Gasteiger partial charge in [0.2, 0.25) is 0 Å². The summed E-state index contributed by atoms with van der Waals surface area (Å²) in [6, 6.07) is 27.2. The van der Waals surface area contributed by atoms with Gasteiger partial charge in [-0.2, -0.15) is 0 Å². The summed E-state index contributed by atoms with van der Waals surface area (Å²) in [5, 5.41) is 9.48. The fraction of sp³-hybridized carbons (Fsp3) is 0.120. The van der Waals surface area contributed by atoms with Gasteiger partial charge in [0.05, 0.1) is 8.07 Å². The van der Waals surface area contributed by atoms with Crippen molar-refractivity contribution in [3.63, 3.8) is 0 Å². The molecular weight excluding hydrogens is 408 g/mol. The third-order valence-electron chi connectivity index (χ3n) is 5.67. The van der Waals surface area contributed by atoms with E-state index in [0.717, 1.165) is 4.47 Å². The molecule has 0 heterocycles. The Morgan fingerprint density at radius 1 is 0.593 bits per heavy atom. The Balaban J connectivity index is 1.82. The Kier molecular flexibility index (Phi) is 3.72. The van der Waals surface area contributed by atoms with E-state index < -0.39 is 8.07 Å². The quantitative estimate of drug-likeness (QED) is 0.201. The van der Waals surface area contributed by atoms with E-state index in [9.17, 15) is 0 Å². The van der Waals surface area contributed by atoms with Crippen LogP contribution in [0, 0.1) is 0 Å². The summed E-state index contributed by atoms with van der Waals surface area (Å²) in [7, 11) is -1.28. The third kappa shape index (κ3) is 2.62. The molecule has 0 aromatic heterocycles. The zero-order chi connectivity index (χ0) is 18.8. The van der Waals surface area contributed by atoms with Crippen LogP contribution in [-0.4, -0.2) is 8.07 Å². The Morgan fingerprint density at radius 3 is 1.81 bits per heavy atom. The van der Waals surface area contributed by atoms with Gasteiger partial charge in [-0.25, -0.2) is 0 Å². The zero-order valence-electron chi connectivity index (χ0n) is 15.8. The summed E-state index contributed by atoms with van der Waals surface area (Å²) >= 11 is 3.74. The van der Waals surface area contributed by atoms with E-state index in [4.69, 9.17) is 0 Å². The van der Waals surface area contributed by atoms with E-state index in [-0.39, 0.29) is 0 Å². The van der Waals surface area contributed by atoms with Crippen molar-refractivity contribution in [2.75, 3.05) is 0 Å². The molecule has 0 unspecified atom stereocenters. The van der Waals surface area contributed by atoms with Crippen LogP contribution in [0.15, 0.2) is 77.3 Å². The summed E-state index contributed by atoms with van der Waals surface area (Å²) in [6.45, 7) is 7.20. The van der Waals surface area contributed by atoms with Crippen LogP contribution in [0.25, 0.3) is 43.4 Å². The van der Waals surface area contributed by atoms with Crippen LogP contribution in [0.2, 0.25) is 19.6 Å². The van der Waals surface area contributed by atoms with Crippen molar-refractivity contribution in [3.8, 4) is 11.1 Å². The molecule has 0 saturated heterocycles. The smallest absolute Gasteiger partial charge is 0.0656 e. The minimum atomic E-state index is -1.28. The monoisotopic (exact) mass is 428 g/mol. The van der Waals surface area contributed by atoms with Gasteiger partial charge in [-0.15, -0.1) is 0 Å². The zero-order valence-corrected chi connectivity index (χ0v) is 18.4. The highest BCUT2D eigenvalue weighted by Gasteiger charge is 2.17. The van der Waals surface area contributed by atoms with Gasteiger partial charge in [0.1, 0.15) is 0 Å². The molecule has 2 heteroatoms. The Bertz CT molecular complexity index is 1290. The predicted molar refractivity (Wildman–Crippen MR) is 126 cm³/mol. The first-order chi connectivity index (χ1) is 12.9. The van der Waals surface area contributed by atoms with E-state index in [1.54, 1.807) is 0 Å². The van der Waals surface area contributed by atoms with E-state index in [2.05, 4.69) is 108 Å². The molecule has 0 N–H and O–H groups in total. The molecule has 5 aromatic rings. The lowest BCUT2D eigenvalue weighted by Crippen LogP contribution is -2.37. The van der Waals surface area contributed by atoms with Gasteiger partial charge >= 0.3 is 0 Å². The molecule has 0 aliphatic heterocycles. The van der Waals surface area contributed by atoms with Gasteiger partial charge in [-0.3, -0.25) is 0 Å². The minimum absolute atomic E-state index is 1.16. The maximum atomic E-state index is 3.74. The second kappa shape index (κ2) is 5.92. The molecule has 0 bridgehead atoms. The van der Waals surface area contributed by atoms with Crippen molar-refractivity contribution in [2.24, 2.45) is 0 Å². The summed E-state index contributed by atoms with van der Waals surface area (Å²) in [5.74, 6) is 0. The van der Waals surface area contributed by atoms with Crippen molar-refractivity contribution in [2.45, 2.75) is 19.6 Å². The van der Waals surface area contributed by atoms with Gasteiger partial charge in [-0.1, -0.05) is 107 Å². The van der Waals surface area contributed by atoms with Crippen molar-refractivity contribution in [1.82, 2.24) is 0 Å². The molecule has 0 saturated carbocycles. The van der Waals surface area contributed by atoms with Crippen LogP contribution < -0.4 is 5.19 Å². The van der Waals surface area contributed by atoms with E-state index in [1.807, 2.05) is 0 Å². The lowest BCUT2D eigenvalue weighted by atomic mass is 9.90. The second-order valence-corrected chi connectivity index (χ2v) is 14.3. The SMILES string of the molecule is C[Si](C)(C)c1ccc(-c2ccc3ccc4c(Br)ccc5ccc2c3c54)cc1. The molecule has 5 aromatic carbocycles. The van der Waals surface area contributed by atoms with Crippen molar-refractivity contribution < 1.29 is 0 Å². The number of benzene rings is 5. The maximum absolute atomic E-state index is 3.74. The molecule has 0 atom stereocenters. The molecule has 0 nitrogen and oxygen atoms in total. The summed E-state index contributed by atoms with van der Waals surface area (Å²) < 4.78 is 1.16. The van der Waals surface area contributed by atoms with Crippen LogP contribution in [0.5, 0.6) is 0 Å². The van der Waals surface area contributed by atoms with Gasteiger partial charge in [-0.05, 0) is 49.5 Å². The second-order valence-electron chi connectivity index (χ2n) is 8.41. The van der Waals surface area contributed by atoms with Gasteiger partial charge < -0.3 is 0 Å². The van der Waals surface area contributed by atoms with E-state index in [0.29, 0.717) is 0 Å². The largest absolute Gasteiger partial charge is 0.0775 e. The molecule has 0 fully saturated rings. The van der Waals surface area contributed by atoms with Crippen LogP contribution in [0.3, 0.4) is 0 Å². The van der Waals surface area contributed by atoms with Gasteiger partial charge in [0.15, 0.2) is 0 Å². The normalized spacial score (nSPS) is 12.4. The van der Waals surface area contributed by atoms with E-state index in [1.165, 1.54) is 48.6 Å². The fourth-order valence-corrected chi connectivity index (χ4v) is 5.80. The maximum Gasteiger partial charge on any atom is 0.0775 e. The van der Waals surface area contributed by atoms with Crippen LogP contribution in [0.1, 0.15) is 0 Å². The number of halogens is 1. The predicted octanol–water partition coefficient (Wildman–Crippen LogP) is 7.56. The number of hydrogen-bond donors (Lipinski definition) is 0. The first kappa shape index (κ1) is 17.0. The van der Waals surface area contributed by atoms with Crippen LogP contribution >= 0.6 is 15.9 Å². The summed E-state index contributed by atoms with van der Waals surface area (Å²) in [5.41, 5.74) is 2.62. The topological polar surface area (TPSA) is 0 Å². The highest BCUT2D eigenvalue weighted by molar-refractivity contribution is 9.10. The Labute approximate surface area is 169 Å². The van der Waals surface area contributed by atoms with Crippen molar-refractivity contribution in [1.29, 1.82) is 0 Å². The first-order valence-corrected chi connectivity index (χ1v) is 13.7. The highest BCUT2D eigenvalue weighted by atomic mass is 79.9. The first-order valence-electron chi connectivity index (χ1n) is 9.40. The van der Waals surface area contributed by atoms with Crippen molar-refractivity contribution >= 4 is 61.5 Å². The number of rotatable bonds is 2. The summed E-state index contributed by atoms with van der Waals surface area (Å²) in [6.07, 6.45) is 0. The van der Waals surface area contributed by atoms with Gasteiger partial charge in [0, 0.05) is 4.47 Å². The molecule has 0 spiro atoms. The average Bonchev–Trinajstić information content (AvgIpc) is 2.67. The average molecular weight is 429 g/mol. The van der Waals surface area contributed by atoms with Crippen LogP contribution in [-0.2, 0) is 0 Å². The molecular formula is C25H21BrSi. The third-order valence-corrected chi connectivity index (χ3v) is 8.43. The molecule has 0 amide bonds. The van der Waals surface area contributed by atoms with E-state index >= 15 is 0 Å². The highest BCUT2D eigenvalue weighted by Crippen LogP contribution is 2.41. The lowest BCUT2D eigenvalue weighted by Gasteiger charge is -2.18. The molecule has 0 aliphatic rings. The number of hydrogen-bond acceptors (Lipinski definition) is 0. The molecule has 0 radical (unpaired) electrons. The Morgan fingerprint density at radius 2 is 1.15 bits per heavy atom. The standard InChI is InChI=1S/C25H21BrSi/c1-27(2,3)19-10-4-16(5-11-19)20-12-6-17-8-14-22-23(26)15-9-18-7-13-21(20)24(17)25(18)22/h4-15H,1-3H3. The summed E-state index contributed by atoms with van der Waals surface area (Å²) in [4.78, 5) is 0. The lowest BCUT2D eigenvalue weighted by molar-refractivity contribution is 1.65. The molecule has 0 aliphatic carbocycles. The minimum Gasteiger partial charge on any atom is -0.0656 e. The molecule has 27 heavy (non-hydrogen) atoms. The van der Waals surface area contributed by atoms with Crippen LogP contribution in [0.4, 0.5) is 0 Å². The Hall–Kier alpha value is -2.16. The molecule has 132 valence electrons. The van der Waals surface area contributed by atoms with Gasteiger partial charge in [0.25, 0.3) is 0 Å².